The Morgan fingerprint density at radius 2 is 2.14 bits per heavy atom. The number of anilines is 1. The summed E-state index contributed by atoms with van der Waals surface area (Å²) >= 11 is 0. The molecule has 0 spiro atoms. The Morgan fingerprint density at radius 3 is 2.71 bits per heavy atom. The summed E-state index contributed by atoms with van der Waals surface area (Å²) in [7, 11) is 4.13. The third-order valence-corrected chi connectivity index (χ3v) is 3.99. The highest BCUT2D eigenvalue weighted by atomic mass is 15.2. The van der Waals surface area contributed by atoms with Crippen molar-refractivity contribution in [1.82, 2.24) is 9.55 Å². The van der Waals surface area contributed by atoms with Gasteiger partial charge in [0.2, 0.25) is 0 Å². The molecule has 2 aromatic rings. The highest BCUT2D eigenvalue weighted by molar-refractivity contribution is 5.54. The van der Waals surface area contributed by atoms with Crippen LogP contribution in [0.15, 0.2) is 30.6 Å². The van der Waals surface area contributed by atoms with Gasteiger partial charge in [0, 0.05) is 38.2 Å². The predicted molar refractivity (Wildman–Crippen MR) is 88.5 cm³/mol. The van der Waals surface area contributed by atoms with Crippen LogP contribution in [0, 0.1) is 6.92 Å². The fraction of sp³-hybridized carbons (Fsp3) is 0.471. The SMILES string of the molecule is CCC(N)Cc1ccc(N(C)Cc2nccn2C)c(C)c1. The smallest absolute Gasteiger partial charge is 0.127 e. The molecule has 1 heterocycles. The summed E-state index contributed by atoms with van der Waals surface area (Å²) in [4.78, 5) is 6.62. The second kappa shape index (κ2) is 6.76. The average Bonchev–Trinajstić information content (AvgIpc) is 2.84. The van der Waals surface area contributed by atoms with E-state index >= 15 is 0 Å². The van der Waals surface area contributed by atoms with Crippen molar-refractivity contribution < 1.29 is 0 Å². The molecule has 0 aliphatic heterocycles. The molecule has 0 saturated heterocycles. The lowest BCUT2D eigenvalue weighted by molar-refractivity contribution is 0.646. The molecular weight excluding hydrogens is 260 g/mol. The van der Waals surface area contributed by atoms with Crippen LogP contribution in [0.4, 0.5) is 5.69 Å². The molecule has 4 heteroatoms. The number of nitrogens with zero attached hydrogens (tertiary/aromatic N) is 3. The lowest BCUT2D eigenvalue weighted by Gasteiger charge is -2.22. The number of imidazole rings is 1. The van der Waals surface area contributed by atoms with Gasteiger partial charge < -0.3 is 15.2 Å². The van der Waals surface area contributed by atoms with E-state index in [1.54, 1.807) is 0 Å². The Labute approximate surface area is 127 Å². The lowest BCUT2D eigenvalue weighted by atomic mass is 10.0. The molecule has 0 amide bonds. The van der Waals surface area contributed by atoms with Gasteiger partial charge in [0.05, 0.1) is 6.54 Å². The Kier molecular flexibility index (Phi) is 5.02. The van der Waals surface area contributed by atoms with Crippen LogP contribution in [0.25, 0.3) is 0 Å². The van der Waals surface area contributed by atoms with Crippen LogP contribution in [0.2, 0.25) is 0 Å². The highest BCUT2D eigenvalue weighted by Crippen LogP contribution is 2.22. The van der Waals surface area contributed by atoms with E-state index in [0.717, 1.165) is 25.2 Å². The lowest BCUT2D eigenvalue weighted by Crippen LogP contribution is -2.22. The fourth-order valence-electron chi connectivity index (χ4n) is 2.57. The summed E-state index contributed by atoms with van der Waals surface area (Å²) in [5.74, 6) is 1.06. The largest absolute Gasteiger partial charge is 0.367 e. The predicted octanol–water partition coefficient (Wildman–Crippen LogP) is 2.64. The van der Waals surface area contributed by atoms with Gasteiger partial charge in [0.15, 0.2) is 0 Å². The van der Waals surface area contributed by atoms with Crippen molar-refractivity contribution >= 4 is 5.69 Å². The van der Waals surface area contributed by atoms with Crippen LogP contribution in [0.1, 0.15) is 30.3 Å². The van der Waals surface area contributed by atoms with Crippen LogP contribution in [-0.2, 0) is 20.0 Å². The van der Waals surface area contributed by atoms with Crippen LogP contribution in [-0.4, -0.2) is 22.6 Å². The number of hydrogen-bond acceptors (Lipinski definition) is 3. The van der Waals surface area contributed by atoms with Gasteiger partial charge in [-0.1, -0.05) is 19.1 Å². The van der Waals surface area contributed by atoms with E-state index in [4.69, 9.17) is 5.73 Å². The maximum absolute atomic E-state index is 6.04. The van der Waals surface area contributed by atoms with Crippen molar-refractivity contribution in [3.8, 4) is 0 Å². The van der Waals surface area contributed by atoms with Crippen LogP contribution >= 0.6 is 0 Å². The maximum atomic E-state index is 6.04. The number of benzene rings is 1. The van der Waals surface area contributed by atoms with E-state index in [0.29, 0.717) is 0 Å². The van der Waals surface area contributed by atoms with E-state index in [1.807, 2.05) is 19.4 Å². The molecule has 0 aliphatic carbocycles. The monoisotopic (exact) mass is 286 g/mol. The number of rotatable bonds is 6. The summed E-state index contributed by atoms with van der Waals surface area (Å²) in [5, 5.41) is 0. The number of hydrogen-bond donors (Lipinski definition) is 1. The van der Waals surface area contributed by atoms with Gasteiger partial charge in [0.25, 0.3) is 0 Å². The summed E-state index contributed by atoms with van der Waals surface area (Å²) in [6, 6.07) is 6.88. The van der Waals surface area contributed by atoms with Crippen LogP contribution in [0.5, 0.6) is 0 Å². The van der Waals surface area contributed by atoms with Gasteiger partial charge in [-0.25, -0.2) is 4.98 Å². The van der Waals surface area contributed by atoms with E-state index in [1.165, 1.54) is 16.8 Å². The molecule has 21 heavy (non-hydrogen) atoms. The molecule has 0 radical (unpaired) electrons. The molecule has 1 aromatic carbocycles. The van der Waals surface area contributed by atoms with Gasteiger partial charge in [0.1, 0.15) is 5.82 Å². The second-order valence-corrected chi connectivity index (χ2v) is 5.80. The normalized spacial score (nSPS) is 12.4. The molecule has 0 fully saturated rings. The maximum Gasteiger partial charge on any atom is 0.127 e. The molecule has 0 bridgehead atoms. The fourth-order valence-corrected chi connectivity index (χ4v) is 2.57. The summed E-state index contributed by atoms with van der Waals surface area (Å²) in [5.41, 5.74) is 9.88. The van der Waals surface area contributed by atoms with Gasteiger partial charge in [-0.05, 0) is 37.0 Å². The third-order valence-electron chi connectivity index (χ3n) is 3.99. The van der Waals surface area contributed by atoms with Gasteiger partial charge in [-0.2, -0.15) is 0 Å². The first-order valence-corrected chi connectivity index (χ1v) is 7.53. The molecule has 2 rings (SSSR count). The standard InChI is InChI=1S/C17H26N4/c1-5-15(18)11-14-6-7-16(13(2)10-14)21(4)12-17-19-8-9-20(17)3/h6-10,15H,5,11-12,18H2,1-4H3. The Balaban J connectivity index is 2.11. The summed E-state index contributed by atoms with van der Waals surface area (Å²) < 4.78 is 2.06. The van der Waals surface area contributed by atoms with Gasteiger partial charge in [-0.3, -0.25) is 0 Å². The zero-order valence-electron chi connectivity index (χ0n) is 13.5. The van der Waals surface area contributed by atoms with Gasteiger partial charge >= 0.3 is 0 Å². The highest BCUT2D eigenvalue weighted by Gasteiger charge is 2.10. The molecule has 4 nitrogen and oxygen atoms in total. The quantitative estimate of drug-likeness (QED) is 0.888. The minimum absolute atomic E-state index is 0.251. The molecule has 1 unspecified atom stereocenters. The Morgan fingerprint density at radius 1 is 1.38 bits per heavy atom. The number of aromatic nitrogens is 2. The van der Waals surface area contributed by atoms with Crippen molar-refractivity contribution in [2.24, 2.45) is 12.8 Å². The van der Waals surface area contributed by atoms with Crippen molar-refractivity contribution in [3.05, 3.63) is 47.5 Å². The van der Waals surface area contributed by atoms with Crippen LogP contribution in [0.3, 0.4) is 0 Å². The molecule has 1 aromatic heterocycles. The number of nitrogens with two attached hydrogens (primary N) is 1. The van der Waals surface area contributed by atoms with E-state index in [2.05, 4.69) is 53.5 Å². The third kappa shape index (κ3) is 3.85. The first kappa shape index (κ1) is 15.6. The first-order chi connectivity index (χ1) is 10.0. The first-order valence-electron chi connectivity index (χ1n) is 7.53. The molecule has 2 N–H and O–H groups in total. The van der Waals surface area contributed by atoms with Crippen molar-refractivity contribution in [2.45, 2.75) is 39.3 Å². The van der Waals surface area contributed by atoms with Crippen molar-refractivity contribution in [1.29, 1.82) is 0 Å². The molecule has 0 saturated carbocycles. The Hall–Kier alpha value is -1.81. The number of aryl methyl sites for hydroxylation is 2. The molecular formula is C17H26N4. The van der Waals surface area contributed by atoms with Crippen LogP contribution < -0.4 is 10.6 Å². The van der Waals surface area contributed by atoms with Crippen molar-refractivity contribution in [2.75, 3.05) is 11.9 Å². The molecule has 1 atom stereocenters. The van der Waals surface area contributed by atoms with Gasteiger partial charge in [-0.15, -0.1) is 0 Å². The van der Waals surface area contributed by atoms with E-state index in [9.17, 15) is 0 Å². The summed E-state index contributed by atoms with van der Waals surface area (Å²) in [6.45, 7) is 5.09. The minimum atomic E-state index is 0.251. The van der Waals surface area contributed by atoms with E-state index < -0.39 is 0 Å². The van der Waals surface area contributed by atoms with E-state index in [-0.39, 0.29) is 6.04 Å². The second-order valence-electron chi connectivity index (χ2n) is 5.80. The Bertz CT molecular complexity index is 588. The summed E-state index contributed by atoms with van der Waals surface area (Å²) in [6.07, 6.45) is 5.77. The zero-order chi connectivity index (χ0) is 15.4. The molecule has 0 aliphatic rings. The zero-order valence-corrected chi connectivity index (χ0v) is 13.5. The minimum Gasteiger partial charge on any atom is -0.367 e. The van der Waals surface area contributed by atoms with Crippen molar-refractivity contribution in [3.63, 3.8) is 0 Å². The average molecular weight is 286 g/mol. The topological polar surface area (TPSA) is 47.1 Å². The molecule has 114 valence electrons.